The first kappa shape index (κ1) is 10.5. The molecular weight excluding hydrogens is 170 g/mol. The fourth-order valence-corrected chi connectivity index (χ4v) is 2.87. The van der Waals surface area contributed by atoms with Crippen molar-refractivity contribution in [1.82, 2.24) is 5.32 Å². The van der Waals surface area contributed by atoms with Gasteiger partial charge in [-0.25, -0.2) is 0 Å². The van der Waals surface area contributed by atoms with Gasteiger partial charge >= 0.3 is 0 Å². The van der Waals surface area contributed by atoms with Crippen LogP contribution >= 0.6 is 0 Å². The van der Waals surface area contributed by atoms with Crippen molar-refractivity contribution in [2.24, 2.45) is 17.3 Å². The molecule has 0 aromatic heterocycles. The Morgan fingerprint density at radius 2 is 2.00 bits per heavy atom. The van der Waals surface area contributed by atoms with Gasteiger partial charge in [0.05, 0.1) is 0 Å². The van der Waals surface area contributed by atoms with Gasteiger partial charge in [-0.05, 0) is 49.5 Å². The van der Waals surface area contributed by atoms with E-state index in [0.717, 1.165) is 17.9 Å². The van der Waals surface area contributed by atoms with Crippen molar-refractivity contribution in [1.29, 1.82) is 0 Å². The summed E-state index contributed by atoms with van der Waals surface area (Å²) in [5, 5.41) is 3.79. The second-order valence-corrected chi connectivity index (χ2v) is 5.97. The van der Waals surface area contributed by atoms with Crippen molar-refractivity contribution in [3.05, 3.63) is 0 Å². The molecule has 0 heterocycles. The summed E-state index contributed by atoms with van der Waals surface area (Å²) >= 11 is 0. The summed E-state index contributed by atoms with van der Waals surface area (Å²) in [5.41, 5.74) is 0.640. The molecule has 0 spiro atoms. The molecule has 0 radical (unpaired) electrons. The Morgan fingerprint density at radius 1 is 1.36 bits per heavy atom. The van der Waals surface area contributed by atoms with Crippen molar-refractivity contribution >= 4 is 0 Å². The molecule has 0 amide bonds. The Balaban J connectivity index is 1.86. The quantitative estimate of drug-likeness (QED) is 0.710. The Hall–Kier alpha value is -0.0400. The second-order valence-electron chi connectivity index (χ2n) is 5.97. The average Bonchev–Trinajstić information content (AvgIpc) is 2.64. The fraction of sp³-hybridized carbons (Fsp3) is 1.00. The highest BCUT2D eigenvalue weighted by Gasteiger charge is 2.52. The van der Waals surface area contributed by atoms with Crippen LogP contribution in [0.2, 0.25) is 0 Å². The van der Waals surface area contributed by atoms with E-state index in [9.17, 15) is 0 Å². The van der Waals surface area contributed by atoms with E-state index in [-0.39, 0.29) is 0 Å². The summed E-state index contributed by atoms with van der Waals surface area (Å²) in [6.45, 7) is 8.34. The van der Waals surface area contributed by atoms with Gasteiger partial charge in [0.1, 0.15) is 0 Å². The van der Waals surface area contributed by atoms with Gasteiger partial charge in [-0.2, -0.15) is 0 Å². The van der Waals surface area contributed by atoms with Crippen LogP contribution in [0.5, 0.6) is 0 Å². The maximum atomic E-state index is 3.79. The summed E-state index contributed by atoms with van der Waals surface area (Å²) < 4.78 is 0. The monoisotopic (exact) mass is 195 g/mol. The van der Waals surface area contributed by atoms with Gasteiger partial charge < -0.3 is 5.32 Å². The van der Waals surface area contributed by atoms with Crippen LogP contribution in [0.3, 0.4) is 0 Å². The smallest absolute Gasteiger partial charge is 0.0129 e. The van der Waals surface area contributed by atoms with Crippen LogP contribution in [-0.2, 0) is 0 Å². The molecule has 1 heteroatoms. The van der Waals surface area contributed by atoms with Gasteiger partial charge in [0.2, 0.25) is 0 Å². The van der Waals surface area contributed by atoms with E-state index in [1.54, 1.807) is 0 Å². The van der Waals surface area contributed by atoms with Crippen LogP contribution < -0.4 is 5.32 Å². The SMILES string of the molecule is CCCNC(C1CCC1)C1CC1(C)C. The van der Waals surface area contributed by atoms with E-state index < -0.39 is 0 Å². The normalized spacial score (nSPS) is 32.4. The molecule has 2 rings (SSSR count). The van der Waals surface area contributed by atoms with Gasteiger partial charge in [0.25, 0.3) is 0 Å². The van der Waals surface area contributed by atoms with Crippen LogP contribution in [0.4, 0.5) is 0 Å². The summed E-state index contributed by atoms with van der Waals surface area (Å²) in [4.78, 5) is 0. The first-order valence-electron chi connectivity index (χ1n) is 6.38. The number of hydrogen-bond donors (Lipinski definition) is 1. The molecule has 14 heavy (non-hydrogen) atoms. The minimum absolute atomic E-state index is 0.640. The lowest BCUT2D eigenvalue weighted by atomic mass is 9.76. The molecule has 2 atom stereocenters. The number of nitrogens with one attached hydrogen (secondary N) is 1. The molecular formula is C13H25N. The predicted octanol–water partition coefficient (Wildman–Crippen LogP) is 3.20. The zero-order chi connectivity index (χ0) is 10.2. The molecule has 0 aromatic rings. The largest absolute Gasteiger partial charge is 0.313 e. The van der Waals surface area contributed by atoms with Gasteiger partial charge in [0, 0.05) is 6.04 Å². The molecule has 2 aliphatic carbocycles. The molecule has 1 N–H and O–H groups in total. The van der Waals surface area contributed by atoms with E-state index in [1.807, 2.05) is 0 Å². The lowest BCUT2D eigenvalue weighted by Crippen LogP contribution is -2.42. The minimum atomic E-state index is 0.640. The number of hydrogen-bond acceptors (Lipinski definition) is 1. The summed E-state index contributed by atoms with van der Waals surface area (Å²) in [6, 6.07) is 0.846. The Bertz CT molecular complexity index is 193. The van der Waals surface area contributed by atoms with Crippen molar-refractivity contribution in [2.75, 3.05) is 6.54 Å². The van der Waals surface area contributed by atoms with Crippen molar-refractivity contribution in [3.63, 3.8) is 0 Å². The van der Waals surface area contributed by atoms with E-state index in [1.165, 1.54) is 38.6 Å². The molecule has 1 nitrogen and oxygen atoms in total. The third kappa shape index (κ3) is 1.98. The van der Waals surface area contributed by atoms with Crippen molar-refractivity contribution < 1.29 is 0 Å². The average molecular weight is 195 g/mol. The van der Waals surface area contributed by atoms with Gasteiger partial charge in [0.15, 0.2) is 0 Å². The van der Waals surface area contributed by atoms with E-state index in [2.05, 4.69) is 26.1 Å². The molecule has 0 saturated heterocycles. The van der Waals surface area contributed by atoms with Crippen LogP contribution in [0, 0.1) is 17.3 Å². The highest BCUT2D eigenvalue weighted by Crippen LogP contribution is 2.56. The summed E-state index contributed by atoms with van der Waals surface area (Å²) in [7, 11) is 0. The van der Waals surface area contributed by atoms with Gasteiger partial charge in [-0.3, -0.25) is 0 Å². The zero-order valence-electron chi connectivity index (χ0n) is 9.97. The van der Waals surface area contributed by atoms with E-state index in [4.69, 9.17) is 0 Å². The molecule has 0 aliphatic heterocycles. The molecule has 0 bridgehead atoms. The van der Waals surface area contributed by atoms with Crippen LogP contribution in [0.25, 0.3) is 0 Å². The fourth-order valence-electron chi connectivity index (χ4n) is 2.87. The third-order valence-electron chi connectivity index (χ3n) is 4.31. The van der Waals surface area contributed by atoms with Crippen LogP contribution in [-0.4, -0.2) is 12.6 Å². The first-order chi connectivity index (χ1) is 6.65. The number of rotatable bonds is 5. The van der Waals surface area contributed by atoms with Crippen molar-refractivity contribution in [3.8, 4) is 0 Å². The third-order valence-corrected chi connectivity index (χ3v) is 4.31. The maximum absolute atomic E-state index is 3.79. The Morgan fingerprint density at radius 3 is 2.36 bits per heavy atom. The summed E-state index contributed by atoms with van der Waals surface area (Å²) in [5.74, 6) is 1.98. The predicted molar refractivity (Wildman–Crippen MR) is 61.3 cm³/mol. The molecule has 82 valence electrons. The first-order valence-corrected chi connectivity index (χ1v) is 6.38. The lowest BCUT2D eigenvalue weighted by Gasteiger charge is -2.35. The second kappa shape index (κ2) is 3.84. The van der Waals surface area contributed by atoms with Gasteiger partial charge in [-0.1, -0.05) is 27.2 Å². The summed E-state index contributed by atoms with van der Waals surface area (Å²) in [6.07, 6.45) is 7.16. The lowest BCUT2D eigenvalue weighted by molar-refractivity contribution is 0.197. The topological polar surface area (TPSA) is 12.0 Å². The van der Waals surface area contributed by atoms with Crippen LogP contribution in [0.15, 0.2) is 0 Å². The molecule has 2 unspecified atom stereocenters. The van der Waals surface area contributed by atoms with E-state index >= 15 is 0 Å². The molecule has 2 saturated carbocycles. The highest BCUT2D eigenvalue weighted by molar-refractivity contribution is 5.04. The minimum Gasteiger partial charge on any atom is -0.313 e. The molecule has 0 aromatic carbocycles. The standard InChI is InChI=1S/C13H25N/c1-4-8-14-12(10-6-5-7-10)11-9-13(11,2)3/h10-12,14H,4-9H2,1-3H3. The maximum Gasteiger partial charge on any atom is 0.0129 e. The van der Waals surface area contributed by atoms with Crippen molar-refractivity contribution in [2.45, 2.75) is 58.9 Å². The van der Waals surface area contributed by atoms with E-state index in [0.29, 0.717) is 5.41 Å². The highest BCUT2D eigenvalue weighted by atomic mass is 14.9. The Kier molecular flexibility index (Phi) is 2.88. The van der Waals surface area contributed by atoms with Crippen LogP contribution in [0.1, 0.15) is 52.9 Å². The Labute approximate surface area is 88.7 Å². The molecule has 2 fully saturated rings. The molecule has 2 aliphatic rings. The van der Waals surface area contributed by atoms with Gasteiger partial charge in [-0.15, -0.1) is 0 Å². The zero-order valence-corrected chi connectivity index (χ0v) is 9.97.